The number of thiazole rings is 1. The van der Waals surface area contributed by atoms with E-state index in [0.29, 0.717) is 28.4 Å². The highest BCUT2D eigenvalue weighted by atomic mass is 35.5. The van der Waals surface area contributed by atoms with Gasteiger partial charge in [-0.2, -0.15) is 26.3 Å². The summed E-state index contributed by atoms with van der Waals surface area (Å²) in [6.07, 6.45) is -10.0. The third kappa shape index (κ3) is 5.42. The largest absolute Gasteiger partial charge is 0.416 e. The smallest absolute Gasteiger partial charge is 0.308 e. The molecule has 0 radical (unpaired) electrons. The van der Waals surface area contributed by atoms with Crippen LogP contribution in [0.2, 0.25) is 5.02 Å². The van der Waals surface area contributed by atoms with Gasteiger partial charge >= 0.3 is 18.4 Å². The molecule has 0 saturated heterocycles. The molecular formula is C18H10ClF6N3OS. The molecule has 4 nitrogen and oxygen atoms in total. The van der Waals surface area contributed by atoms with Crippen molar-refractivity contribution in [3.05, 3.63) is 64.0 Å². The van der Waals surface area contributed by atoms with Crippen LogP contribution < -0.4 is 10.6 Å². The predicted molar refractivity (Wildman–Crippen MR) is 102 cm³/mol. The number of rotatable bonds is 3. The zero-order valence-electron chi connectivity index (χ0n) is 14.5. The Bertz CT molecular complexity index is 1030. The van der Waals surface area contributed by atoms with Crippen molar-refractivity contribution in [3.8, 4) is 11.3 Å². The third-order valence-corrected chi connectivity index (χ3v) is 4.72. The number of nitrogens with zero attached hydrogens (tertiary/aromatic N) is 1. The van der Waals surface area contributed by atoms with Gasteiger partial charge in [-0.1, -0.05) is 23.7 Å². The van der Waals surface area contributed by atoms with Crippen LogP contribution in [0, 0.1) is 0 Å². The van der Waals surface area contributed by atoms with Gasteiger partial charge in [-0.25, -0.2) is 9.78 Å². The van der Waals surface area contributed by atoms with Gasteiger partial charge in [0.25, 0.3) is 0 Å². The summed E-state index contributed by atoms with van der Waals surface area (Å²) in [4.78, 5) is 16.2. The maximum atomic E-state index is 12.9. The molecular weight excluding hydrogens is 456 g/mol. The molecule has 3 rings (SSSR count). The van der Waals surface area contributed by atoms with E-state index in [1.54, 1.807) is 29.6 Å². The van der Waals surface area contributed by atoms with Crippen molar-refractivity contribution >= 4 is 39.8 Å². The zero-order chi connectivity index (χ0) is 22.1. The first-order valence-electron chi connectivity index (χ1n) is 8.01. The number of alkyl halides is 6. The zero-order valence-corrected chi connectivity index (χ0v) is 16.1. The second-order valence-electron chi connectivity index (χ2n) is 5.92. The number of amides is 2. The number of carbonyl (C=O) groups is 1. The fourth-order valence-corrected chi connectivity index (χ4v) is 3.21. The van der Waals surface area contributed by atoms with Crippen LogP contribution in [0.25, 0.3) is 11.3 Å². The van der Waals surface area contributed by atoms with Crippen molar-refractivity contribution in [2.75, 3.05) is 10.6 Å². The number of urea groups is 1. The monoisotopic (exact) mass is 465 g/mol. The van der Waals surface area contributed by atoms with Crippen LogP contribution in [0.3, 0.4) is 0 Å². The summed E-state index contributed by atoms with van der Waals surface area (Å²) in [5.41, 5.74) is -2.52. The van der Waals surface area contributed by atoms with Crippen LogP contribution in [-0.2, 0) is 12.4 Å². The molecule has 0 spiro atoms. The normalized spacial score (nSPS) is 12.0. The van der Waals surface area contributed by atoms with Crippen LogP contribution in [0.1, 0.15) is 11.1 Å². The molecule has 30 heavy (non-hydrogen) atoms. The Hall–Kier alpha value is -2.79. The van der Waals surface area contributed by atoms with E-state index in [9.17, 15) is 31.1 Å². The van der Waals surface area contributed by atoms with E-state index in [1.807, 2.05) is 5.32 Å². The number of nitrogens with one attached hydrogen (secondary N) is 2. The van der Waals surface area contributed by atoms with Gasteiger partial charge in [0.2, 0.25) is 0 Å². The molecule has 2 aromatic carbocycles. The van der Waals surface area contributed by atoms with Crippen molar-refractivity contribution in [3.63, 3.8) is 0 Å². The number of hydrogen-bond donors (Lipinski definition) is 2. The second kappa shape index (κ2) is 8.15. The van der Waals surface area contributed by atoms with Crippen LogP contribution >= 0.6 is 22.9 Å². The van der Waals surface area contributed by atoms with Gasteiger partial charge in [-0.05, 0) is 30.3 Å². The fraction of sp³-hybridized carbons (Fsp3) is 0.111. The van der Waals surface area contributed by atoms with Gasteiger partial charge < -0.3 is 5.32 Å². The van der Waals surface area contributed by atoms with Crippen LogP contribution in [-0.4, -0.2) is 11.0 Å². The van der Waals surface area contributed by atoms with E-state index >= 15 is 0 Å². The number of benzene rings is 2. The van der Waals surface area contributed by atoms with E-state index in [-0.39, 0.29) is 11.2 Å². The topological polar surface area (TPSA) is 54.0 Å². The van der Waals surface area contributed by atoms with Crippen molar-refractivity contribution in [1.82, 2.24) is 4.98 Å². The third-order valence-electron chi connectivity index (χ3n) is 3.71. The number of hydrogen-bond acceptors (Lipinski definition) is 3. The van der Waals surface area contributed by atoms with Crippen LogP contribution in [0.5, 0.6) is 0 Å². The summed E-state index contributed by atoms with van der Waals surface area (Å²) < 4.78 is 77.4. The average Bonchev–Trinajstić information content (AvgIpc) is 3.08. The van der Waals surface area contributed by atoms with Gasteiger partial charge in [0.15, 0.2) is 5.13 Å². The Morgan fingerprint density at radius 1 is 0.900 bits per heavy atom. The highest BCUT2D eigenvalue weighted by Gasteiger charge is 2.37. The summed E-state index contributed by atoms with van der Waals surface area (Å²) >= 11 is 6.83. The molecule has 0 saturated carbocycles. The molecule has 0 aliphatic rings. The van der Waals surface area contributed by atoms with Gasteiger partial charge in [0, 0.05) is 21.7 Å². The Balaban J connectivity index is 1.77. The summed E-state index contributed by atoms with van der Waals surface area (Å²) in [7, 11) is 0. The fourth-order valence-electron chi connectivity index (χ4n) is 2.37. The maximum Gasteiger partial charge on any atom is 0.416 e. The highest BCUT2D eigenvalue weighted by molar-refractivity contribution is 7.14. The summed E-state index contributed by atoms with van der Waals surface area (Å²) in [5, 5.41) is 6.48. The number of halogens is 7. The lowest BCUT2D eigenvalue weighted by Crippen LogP contribution is -2.20. The maximum absolute atomic E-state index is 12.9. The quantitative estimate of drug-likeness (QED) is 0.404. The first-order valence-corrected chi connectivity index (χ1v) is 9.26. The lowest BCUT2D eigenvalue weighted by atomic mass is 10.1. The molecule has 2 N–H and O–H groups in total. The standard InChI is InChI=1S/C18H10ClF6N3OS/c19-12-3-1-9(2-4-12)14-8-30-16(27-14)28-15(29)26-13-6-10(17(20,21)22)5-11(7-13)18(23,24)25/h1-8H,(H2,26,27,28,29). The number of anilines is 2. The predicted octanol–water partition coefficient (Wildman–Crippen LogP) is 7.15. The second-order valence-corrected chi connectivity index (χ2v) is 7.21. The lowest BCUT2D eigenvalue weighted by molar-refractivity contribution is -0.143. The number of aromatic nitrogens is 1. The van der Waals surface area contributed by atoms with Crippen LogP contribution in [0.15, 0.2) is 47.8 Å². The van der Waals surface area contributed by atoms with Crippen molar-refractivity contribution in [1.29, 1.82) is 0 Å². The molecule has 3 aromatic rings. The van der Waals surface area contributed by atoms with Crippen molar-refractivity contribution in [2.45, 2.75) is 12.4 Å². The van der Waals surface area contributed by atoms with E-state index in [4.69, 9.17) is 11.6 Å². The molecule has 0 fully saturated rings. The molecule has 0 aliphatic carbocycles. The van der Waals surface area contributed by atoms with Gasteiger partial charge in [0.05, 0.1) is 16.8 Å². The average molecular weight is 466 g/mol. The summed E-state index contributed by atoms with van der Waals surface area (Å²) in [5.74, 6) is 0. The minimum atomic E-state index is -5.02. The molecule has 0 bridgehead atoms. The molecule has 0 unspecified atom stereocenters. The number of carbonyl (C=O) groups excluding carboxylic acids is 1. The molecule has 1 heterocycles. The minimum Gasteiger partial charge on any atom is -0.308 e. The summed E-state index contributed by atoms with van der Waals surface area (Å²) in [6, 6.07) is 6.43. The molecule has 0 aliphatic heterocycles. The first kappa shape index (κ1) is 21.9. The molecule has 12 heteroatoms. The van der Waals surface area contributed by atoms with Gasteiger partial charge in [0.1, 0.15) is 0 Å². The molecule has 0 atom stereocenters. The van der Waals surface area contributed by atoms with E-state index in [1.165, 1.54) is 0 Å². The van der Waals surface area contributed by atoms with E-state index < -0.39 is 35.2 Å². The van der Waals surface area contributed by atoms with Crippen molar-refractivity contribution in [2.24, 2.45) is 0 Å². The Morgan fingerprint density at radius 2 is 1.47 bits per heavy atom. The lowest BCUT2D eigenvalue weighted by Gasteiger charge is -2.14. The van der Waals surface area contributed by atoms with E-state index in [2.05, 4.69) is 10.3 Å². The molecule has 2 amide bonds. The molecule has 1 aromatic heterocycles. The van der Waals surface area contributed by atoms with Crippen molar-refractivity contribution < 1.29 is 31.1 Å². The minimum absolute atomic E-state index is 0.0255. The van der Waals surface area contributed by atoms with E-state index in [0.717, 1.165) is 11.3 Å². The Kier molecular flexibility index (Phi) is 5.95. The highest BCUT2D eigenvalue weighted by Crippen LogP contribution is 2.37. The van der Waals surface area contributed by atoms with Gasteiger partial charge in [-0.3, -0.25) is 5.32 Å². The Labute approximate surface area is 174 Å². The Morgan fingerprint density at radius 3 is 2.00 bits per heavy atom. The van der Waals surface area contributed by atoms with Gasteiger partial charge in [-0.15, -0.1) is 11.3 Å². The first-order chi connectivity index (χ1) is 13.9. The SMILES string of the molecule is O=C(Nc1cc(C(F)(F)F)cc(C(F)(F)F)c1)Nc1nc(-c2ccc(Cl)cc2)cs1. The summed E-state index contributed by atoms with van der Waals surface area (Å²) in [6.45, 7) is 0. The van der Waals surface area contributed by atoms with Crippen LogP contribution in [0.4, 0.5) is 42.0 Å². The molecule has 158 valence electrons.